The van der Waals surface area contributed by atoms with E-state index in [-0.39, 0.29) is 21.8 Å². The van der Waals surface area contributed by atoms with Crippen LogP contribution in [0.3, 0.4) is 0 Å². The molecule has 1 amide bonds. The van der Waals surface area contributed by atoms with Gasteiger partial charge in [-0.1, -0.05) is 0 Å². The summed E-state index contributed by atoms with van der Waals surface area (Å²) in [5, 5.41) is 9.12. The SMILES string of the molecule is COc1cc(F)c(F)cc1-c1ccncc1N(CC(F)(F)F)C(=O)O. The van der Waals surface area contributed by atoms with E-state index in [1.807, 2.05) is 0 Å². The molecule has 1 aromatic heterocycles. The van der Waals surface area contributed by atoms with Crippen molar-refractivity contribution in [3.05, 3.63) is 42.2 Å². The molecule has 0 saturated carbocycles. The standard InChI is InChI=1S/C15H11F5N2O3/c1-25-13-5-11(17)10(16)4-9(13)8-2-3-21-6-12(8)22(14(23)24)7-15(18,19)20/h2-6H,7H2,1H3,(H,23,24). The zero-order valence-electron chi connectivity index (χ0n) is 12.6. The number of carboxylic acid groups (broad SMARTS) is 1. The Morgan fingerprint density at radius 2 is 1.88 bits per heavy atom. The maximum absolute atomic E-state index is 13.6. The second kappa shape index (κ2) is 6.91. The van der Waals surface area contributed by atoms with E-state index in [0.29, 0.717) is 12.1 Å². The van der Waals surface area contributed by atoms with E-state index in [1.165, 1.54) is 12.3 Å². The molecule has 25 heavy (non-hydrogen) atoms. The fourth-order valence-electron chi connectivity index (χ4n) is 2.17. The highest BCUT2D eigenvalue weighted by atomic mass is 19.4. The molecule has 134 valence electrons. The molecule has 2 aromatic rings. The smallest absolute Gasteiger partial charge is 0.412 e. The fraction of sp³-hybridized carbons (Fsp3) is 0.200. The number of alkyl halides is 3. The number of amides is 1. The van der Waals surface area contributed by atoms with Gasteiger partial charge >= 0.3 is 12.3 Å². The molecule has 0 fully saturated rings. The fourth-order valence-corrected chi connectivity index (χ4v) is 2.17. The third-order valence-electron chi connectivity index (χ3n) is 3.19. The topological polar surface area (TPSA) is 62.7 Å². The third kappa shape index (κ3) is 4.14. The molecule has 0 radical (unpaired) electrons. The van der Waals surface area contributed by atoms with Crippen LogP contribution in [0.4, 0.5) is 32.4 Å². The molecule has 0 aliphatic heterocycles. The number of benzene rings is 1. The Hall–Kier alpha value is -2.91. The largest absolute Gasteiger partial charge is 0.496 e. The molecular weight excluding hydrogens is 351 g/mol. The van der Waals surface area contributed by atoms with Crippen molar-refractivity contribution in [1.82, 2.24) is 4.98 Å². The maximum Gasteiger partial charge on any atom is 0.412 e. The first-order valence-electron chi connectivity index (χ1n) is 6.68. The first-order chi connectivity index (χ1) is 11.6. The van der Waals surface area contributed by atoms with Crippen LogP contribution in [0.15, 0.2) is 30.6 Å². The zero-order valence-corrected chi connectivity index (χ0v) is 12.6. The van der Waals surface area contributed by atoms with Gasteiger partial charge in [0, 0.05) is 23.4 Å². The summed E-state index contributed by atoms with van der Waals surface area (Å²) in [4.78, 5) is 14.9. The second-order valence-electron chi connectivity index (χ2n) is 4.84. The van der Waals surface area contributed by atoms with Crippen molar-refractivity contribution >= 4 is 11.8 Å². The van der Waals surface area contributed by atoms with E-state index in [4.69, 9.17) is 9.84 Å². The van der Waals surface area contributed by atoms with Crippen LogP contribution in [0, 0.1) is 11.6 Å². The van der Waals surface area contributed by atoms with Crippen molar-refractivity contribution < 1.29 is 36.6 Å². The predicted octanol–water partition coefficient (Wildman–Crippen LogP) is 4.08. The van der Waals surface area contributed by atoms with Crippen molar-refractivity contribution in [3.8, 4) is 16.9 Å². The highest BCUT2D eigenvalue weighted by molar-refractivity contribution is 5.93. The van der Waals surface area contributed by atoms with Gasteiger partial charge in [-0.2, -0.15) is 13.2 Å². The lowest BCUT2D eigenvalue weighted by Gasteiger charge is -2.23. The van der Waals surface area contributed by atoms with E-state index in [9.17, 15) is 26.7 Å². The minimum Gasteiger partial charge on any atom is -0.496 e. The normalized spacial score (nSPS) is 11.3. The Morgan fingerprint density at radius 3 is 2.44 bits per heavy atom. The quantitative estimate of drug-likeness (QED) is 0.833. The number of nitrogens with zero attached hydrogens (tertiary/aromatic N) is 2. The summed E-state index contributed by atoms with van der Waals surface area (Å²) in [7, 11) is 1.15. The summed E-state index contributed by atoms with van der Waals surface area (Å²) in [6.45, 7) is -1.80. The highest BCUT2D eigenvalue weighted by Gasteiger charge is 2.35. The number of carbonyl (C=O) groups is 1. The molecule has 0 aliphatic rings. The number of hydrogen-bond donors (Lipinski definition) is 1. The van der Waals surface area contributed by atoms with E-state index in [2.05, 4.69) is 4.98 Å². The monoisotopic (exact) mass is 362 g/mol. The molecule has 2 rings (SSSR count). The van der Waals surface area contributed by atoms with Crippen LogP contribution < -0.4 is 9.64 Å². The summed E-state index contributed by atoms with van der Waals surface area (Å²) in [6.07, 6.45) is -4.64. The average molecular weight is 362 g/mol. The molecule has 0 spiro atoms. The lowest BCUT2D eigenvalue weighted by Crippen LogP contribution is -2.38. The number of halogens is 5. The highest BCUT2D eigenvalue weighted by Crippen LogP contribution is 2.38. The first-order valence-corrected chi connectivity index (χ1v) is 6.68. The summed E-state index contributed by atoms with van der Waals surface area (Å²) in [5.74, 6) is -2.67. The van der Waals surface area contributed by atoms with Crippen molar-refractivity contribution in [2.45, 2.75) is 6.18 Å². The van der Waals surface area contributed by atoms with Gasteiger partial charge in [-0.3, -0.25) is 9.88 Å². The molecule has 5 nitrogen and oxygen atoms in total. The maximum atomic E-state index is 13.6. The Kier molecular flexibility index (Phi) is 5.10. The van der Waals surface area contributed by atoms with E-state index in [0.717, 1.165) is 13.3 Å². The van der Waals surface area contributed by atoms with Gasteiger partial charge in [0.25, 0.3) is 0 Å². The van der Waals surface area contributed by atoms with Gasteiger partial charge in [0.05, 0.1) is 19.0 Å². The number of ether oxygens (including phenoxy) is 1. The van der Waals surface area contributed by atoms with Gasteiger partial charge in [-0.25, -0.2) is 13.6 Å². The molecule has 1 aromatic carbocycles. The summed E-state index contributed by atoms with van der Waals surface area (Å²) in [5.41, 5.74) is -0.679. The number of hydrogen-bond acceptors (Lipinski definition) is 3. The lowest BCUT2D eigenvalue weighted by molar-refractivity contribution is -0.119. The minimum absolute atomic E-state index is 0.0169. The van der Waals surface area contributed by atoms with Crippen LogP contribution in [0.25, 0.3) is 11.1 Å². The Labute approximate surface area is 138 Å². The summed E-state index contributed by atoms with van der Waals surface area (Å²) < 4.78 is 69.9. The molecule has 0 aliphatic carbocycles. The van der Waals surface area contributed by atoms with E-state index in [1.54, 1.807) is 0 Å². The Bertz CT molecular complexity index is 795. The number of anilines is 1. The van der Waals surface area contributed by atoms with Crippen LogP contribution in [0.2, 0.25) is 0 Å². The molecule has 1 heterocycles. The van der Waals surface area contributed by atoms with E-state index >= 15 is 0 Å². The van der Waals surface area contributed by atoms with Crippen molar-refractivity contribution in [1.29, 1.82) is 0 Å². The van der Waals surface area contributed by atoms with Gasteiger partial charge in [0.15, 0.2) is 11.6 Å². The lowest BCUT2D eigenvalue weighted by atomic mass is 10.0. The zero-order chi connectivity index (χ0) is 18.8. The van der Waals surface area contributed by atoms with Crippen LogP contribution in [0.1, 0.15) is 0 Å². The predicted molar refractivity (Wildman–Crippen MR) is 77.6 cm³/mol. The second-order valence-corrected chi connectivity index (χ2v) is 4.84. The van der Waals surface area contributed by atoms with Gasteiger partial charge in [-0.05, 0) is 12.1 Å². The van der Waals surface area contributed by atoms with Gasteiger partial charge in [0.2, 0.25) is 0 Å². The van der Waals surface area contributed by atoms with Gasteiger partial charge in [-0.15, -0.1) is 0 Å². The summed E-state index contributed by atoms with van der Waals surface area (Å²) in [6, 6.07) is 2.60. The third-order valence-corrected chi connectivity index (χ3v) is 3.19. The van der Waals surface area contributed by atoms with Crippen LogP contribution in [-0.2, 0) is 0 Å². The van der Waals surface area contributed by atoms with Crippen molar-refractivity contribution in [3.63, 3.8) is 0 Å². The Morgan fingerprint density at radius 1 is 1.24 bits per heavy atom. The molecule has 0 unspecified atom stereocenters. The number of methoxy groups -OCH3 is 1. The number of pyridine rings is 1. The van der Waals surface area contributed by atoms with Gasteiger partial charge in [0.1, 0.15) is 12.3 Å². The van der Waals surface area contributed by atoms with Crippen LogP contribution >= 0.6 is 0 Å². The average Bonchev–Trinajstić information content (AvgIpc) is 2.54. The number of aromatic nitrogens is 1. The van der Waals surface area contributed by atoms with Crippen LogP contribution in [0.5, 0.6) is 5.75 Å². The minimum atomic E-state index is -4.82. The first kappa shape index (κ1) is 18.4. The van der Waals surface area contributed by atoms with Crippen LogP contribution in [-0.4, -0.2) is 36.0 Å². The summed E-state index contributed by atoms with van der Waals surface area (Å²) >= 11 is 0. The van der Waals surface area contributed by atoms with Crippen molar-refractivity contribution in [2.75, 3.05) is 18.6 Å². The Balaban J connectivity index is 2.66. The molecule has 0 atom stereocenters. The van der Waals surface area contributed by atoms with Crippen molar-refractivity contribution in [2.24, 2.45) is 0 Å². The molecule has 0 saturated heterocycles. The van der Waals surface area contributed by atoms with E-state index < -0.39 is 36.1 Å². The molecule has 10 heteroatoms. The molecular formula is C15H11F5N2O3. The molecule has 1 N–H and O–H groups in total. The number of rotatable bonds is 4. The molecule has 0 bridgehead atoms. The van der Waals surface area contributed by atoms with Gasteiger partial charge < -0.3 is 9.84 Å².